The van der Waals surface area contributed by atoms with Crippen molar-refractivity contribution in [2.45, 2.75) is 77.7 Å². The number of hydrogen-bond donors (Lipinski definition) is 4. The van der Waals surface area contributed by atoms with Crippen molar-refractivity contribution in [3.05, 3.63) is 48.0 Å². The number of aliphatic hydroxyl groups is 1. The predicted octanol–water partition coefficient (Wildman–Crippen LogP) is 2.40. The quantitative estimate of drug-likeness (QED) is 0.285. The molecule has 0 bridgehead atoms. The molecule has 4 N–H and O–H groups in total. The average Bonchev–Trinajstić information content (AvgIpc) is 3.40. The Kier molecular flexibility index (Phi) is 11.5. The van der Waals surface area contributed by atoms with E-state index in [4.69, 9.17) is 4.74 Å². The summed E-state index contributed by atoms with van der Waals surface area (Å²) in [6.45, 7) is 11.4. The minimum Gasteiger partial charge on any atom is -0.390 e. The molecule has 1 fully saturated rings. The van der Waals surface area contributed by atoms with Gasteiger partial charge >= 0.3 is 0 Å². The topological polar surface area (TPSA) is 120 Å². The molecule has 3 unspecified atom stereocenters. The monoisotopic (exact) mass is 554 g/mol. The number of aliphatic hydroxyl groups excluding tert-OH is 1. The van der Waals surface area contributed by atoms with Crippen LogP contribution in [0.2, 0.25) is 0 Å². The number of amides is 3. The van der Waals surface area contributed by atoms with Gasteiger partial charge in [-0.15, -0.1) is 0 Å². The molecule has 0 radical (unpaired) electrons. The summed E-state index contributed by atoms with van der Waals surface area (Å²) in [6.07, 6.45) is 0.728. The second-order valence-electron chi connectivity index (χ2n) is 11.5. The SMILES string of the molecule is CCOC(C)(C)C(=O)N1CCCC1C(=O)NC(Cc1ccc2ccccc2c1)C(=O)NCC(O)CNCC(C)C. The molecule has 0 aromatic heterocycles. The van der Waals surface area contributed by atoms with Crippen LogP contribution in [-0.2, 0) is 25.5 Å². The molecule has 1 aliphatic heterocycles. The normalized spacial score (nSPS) is 17.2. The molecule has 9 heteroatoms. The highest BCUT2D eigenvalue weighted by atomic mass is 16.5. The molecule has 0 spiro atoms. The Morgan fingerprint density at radius 3 is 2.50 bits per heavy atom. The molecular weight excluding hydrogens is 508 g/mol. The van der Waals surface area contributed by atoms with Crippen LogP contribution in [0.4, 0.5) is 0 Å². The maximum absolute atomic E-state index is 13.5. The third-order valence-corrected chi connectivity index (χ3v) is 7.17. The van der Waals surface area contributed by atoms with E-state index in [0.29, 0.717) is 38.5 Å². The Morgan fingerprint density at radius 1 is 1.07 bits per heavy atom. The van der Waals surface area contributed by atoms with Crippen molar-refractivity contribution < 1.29 is 24.2 Å². The number of carbonyl (C=O) groups excluding carboxylic acids is 3. The van der Waals surface area contributed by atoms with E-state index in [1.165, 1.54) is 0 Å². The Morgan fingerprint density at radius 2 is 1.80 bits per heavy atom. The van der Waals surface area contributed by atoms with Gasteiger partial charge < -0.3 is 30.7 Å². The highest BCUT2D eigenvalue weighted by molar-refractivity contribution is 5.94. The number of hydrogen-bond acceptors (Lipinski definition) is 6. The lowest BCUT2D eigenvalue weighted by molar-refractivity contribution is -0.157. The molecule has 40 heavy (non-hydrogen) atoms. The number of likely N-dealkylation sites (tertiary alicyclic amines) is 1. The van der Waals surface area contributed by atoms with Gasteiger partial charge in [0.1, 0.15) is 17.7 Å². The minimum atomic E-state index is -1.04. The van der Waals surface area contributed by atoms with Crippen molar-refractivity contribution in [2.75, 3.05) is 32.8 Å². The first-order valence-electron chi connectivity index (χ1n) is 14.4. The smallest absolute Gasteiger partial charge is 0.254 e. The van der Waals surface area contributed by atoms with Gasteiger partial charge in [0.05, 0.1) is 6.10 Å². The Balaban J connectivity index is 1.73. The first-order chi connectivity index (χ1) is 19.0. The third-order valence-electron chi connectivity index (χ3n) is 7.17. The highest BCUT2D eigenvalue weighted by Gasteiger charge is 2.41. The fourth-order valence-electron chi connectivity index (χ4n) is 5.08. The number of nitrogens with one attached hydrogen (secondary N) is 3. The van der Waals surface area contributed by atoms with E-state index in [0.717, 1.165) is 22.9 Å². The Hall–Kier alpha value is -3.01. The summed E-state index contributed by atoms with van der Waals surface area (Å²) < 4.78 is 5.64. The van der Waals surface area contributed by atoms with Gasteiger partial charge in [0.25, 0.3) is 5.91 Å². The number of rotatable bonds is 14. The molecule has 220 valence electrons. The maximum Gasteiger partial charge on any atom is 0.254 e. The van der Waals surface area contributed by atoms with E-state index in [1.54, 1.807) is 18.7 Å². The van der Waals surface area contributed by atoms with Gasteiger partial charge in [-0.05, 0) is 62.4 Å². The molecule has 3 amide bonds. The highest BCUT2D eigenvalue weighted by Crippen LogP contribution is 2.24. The van der Waals surface area contributed by atoms with Crippen molar-refractivity contribution in [1.82, 2.24) is 20.9 Å². The van der Waals surface area contributed by atoms with Crippen molar-refractivity contribution >= 4 is 28.5 Å². The molecular formula is C31H46N4O5. The lowest BCUT2D eigenvalue weighted by Crippen LogP contribution is -2.57. The van der Waals surface area contributed by atoms with Crippen LogP contribution in [0.15, 0.2) is 42.5 Å². The summed E-state index contributed by atoms with van der Waals surface area (Å²) in [6, 6.07) is 12.4. The van der Waals surface area contributed by atoms with Crippen LogP contribution in [0.5, 0.6) is 0 Å². The molecule has 2 aromatic carbocycles. The molecule has 1 aliphatic rings. The van der Waals surface area contributed by atoms with Gasteiger partial charge in [-0.3, -0.25) is 14.4 Å². The van der Waals surface area contributed by atoms with Crippen molar-refractivity contribution in [3.8, 4) is 0 Å². The van der Waals surface area contributed by atoms with Crippen molar-refractivity contribution in [2.24, 2.45) is 5.92 Å². The lowest BCUT2D eigenvalue weighted by atomic mass is 10.0. The first-order valence-corrected chi connectivity index (χ1v) is 14.4. The first kappa shape index (κ1) is 31.5. The number of ether oxygens (including phenoxy) is 1. The van der Waals surface area contributed by atoms with Crippen LogP contribution in [0.25, 0.3) is 10.8 Å². The van der Waals surface area contributed by atoms with Gasteiger partial charge in [0.2, 0.25) is 11.8 Å². The van der Waals surface area contributed by atoms with E-state index >= 15 is 0 Å². The second-order valence-corrected chi connectivity index (χ2v) is 11.5. The molecule has 1 heterocycles. The summed E-state index contributed by atoms with van der Waals surface area (Å²) in [5, 5.41) is 21.4. The van der Waals surface area contributed by atoms with Gasteiger partial charge in [-0.2, -0.15) is 0 Å². The molecule has 1 saturated heterocycles. The zero-order valence-electron chi connectivity index (χ0n) is 24.5. The van der Waals surface area contributed by atoms with Crippen molar-refractivity contribution in [1.29, 1.82) is 0 Å². The van der Waals surface area contributed by atoms with Crippen LogP contribution in [0, 0.1) is 5.92 Å². The van der Waals surface area contributed by atoms with Crippen LogP contribution >= 0.6 is 0 Å². The summed E-state index contributed by atoms with van der Waals surface area (Å²) in [5.74, 6) is -0.530. The zero-order chi connectivity index (χ0) is 29.3. The van der Waals surface area contributed by atoms with Gasteiger partial charge in [-0.1, -0.05) is 56.3 Å². The Bertz CT molecular complexity index is 1150. The van der Waals surface area contributed by atoms with Crippen molar-refractivity contribution in [3.63, 3.8) is 0 Å². The zero-order valence-corrected chi connectivity index (χ0v) is 24.5. The van der Waals surface area contributed by atoms with E-state index in [-0.39, 0.29) is 30.7 Å². The number of carbonyl (C=O) groups is 3. The molecule has 9 nitrogen and oxygen atoms in total. The number of fused-ring (bicyclic) bond motifs is 1. The van der Waals surface area contributed by atoms with E-state index in [2.05, 4.69) is 29.8 Å². The van der Waals surface area contributed by atoms with E-state index in [9.17, 15) is 19.5 Å². The maximum atomic E-state index is 13.5. The Labute approximate surface area is 238 Å². The summed E-state index contributed by atoms with van der Waals surface area (Å²) in [5.41, 5.74) is -0.144. The number of nitrogens with zero attached hydrogens (tertiary/aromatic N) is 1. The van der Waals surface area contributed by atoms with Gasteiger partial charge in [0.15, 0.2) is 0 Å². The molecule has 0 saturated carbocycles. The van der Waals surface area contributed by atoms with Crippen LogP contribution in [-0.4, -0.2) is 84.3 Å². The largest absolute Gasteiger partial charge is 0.390 e. The molecule has 3 atom stereocenters. The van der Waals surface area contributed by atoms with Gasteiger partial charge in [-0.25, -0.2) is 0 Å². The predicted molar refractivity (Wildman–Crippen MR) is 157 cm³/mol. The van der Waals surface area contributed by atoms with Gasteiger partial charge in [0, 0.05) is 32.7 Å². The van der Waals surface area contributed by atoms with Crippen LogP contribution in [0.1, 0.15) is 53.0 Å². The van der Waals surface area contributed by atoms with E-state index in [1.807, 2.05) is 49.4 Å². The third kappa shape index (κ3) is 8.74. The molecule has 0 aliphatic carbocycles. The second kappa shape index (κ2) is 14.6. The van der Waals surface area contributed by atoms with Crippen LogP contribution in [0.3, 0.4) is 0 Å². The van der Waals surface area contributed by atoms with Crippen LogP contribution < -0.4 is 16.0 Å². The fourth-order valence-corrected chi connectivity index (χ4v) is 5.08. The summed E-state index contributed by atoms with van der Waals surface area (Å²) in [4.78, 5) is 41.7. The minimum absolute atomic E-state index is 0.0601. The molecule has 3 rings (SSSR count). The lowest BCUT2D eigenvalue weighted by Gasteiger charge is -2.33. The van der Waals surface area contributed by atoms with E-state index < -0.39 is 23.8 Å². The average molecular weight is 555 g/mol. The standard InChI is InChI=1S/C31H46N4O5/c1-6-40-31(4,5)30(39)35-15-9-12-27(35)29(38)34-26(28(37)33-20-25(36)19-32-18-21(2)3)17-22-13-14-23-10-7-8-11-24(23)16-22/h7-8,10-11,13-14,16,21,25-27,32,36H,6,9,12,15,17-20H2,1-5H3,(H,33,37)(H,34,38). The summed E-state index contributed by atoms with van der Waals surface area (Å²) >= 11 is 0. The molecule has 2 aromatic rings. The fraction of sp³-hybridized carbons (Fsp3) is 0.581. The number of benzene rings is 2. The summed E-state index contributed by atoms with van der Waals surface area (Å²) in [7, 11) is 0.